The molecule has 0 saturated carbocycles. The molecule has 114 valence electrons. The smallest absolute Gasteiger partial charge is 0.272 e. The van der Waals surface area contributed by atoms with Crippen molar-refractivity contribution in [2.45, 2.75) is 0 Å². The molecule has 0 aliphatic carbocycles. The molecule has 1 amide bonds. The number of hydrogen-bond donors (Lipinski definition) is 2. The Bertz CT molecular complexity index is 766. The predicted octanol–water partition coefficient (Wildman–Crippen LogP) is 4.88. The van der Waals surface area contributed by atoms with E-state index in [-0.39, 0.29) is 16.3 Å². The molecule has 4 nitrogen and oxygen atoms in total. The Morgan fingerprint density at radius 2 is 1.91 bits per heavy atom. The van der Waals surface area contributed by atoms with Crippen LogP contribution < -0.4 is 5.43 Å². The van der Waals surface area contributed by atoms with Crippen molar-refractivity contribution in [2.75, 3.05) is 0 Å². The van der Waals surface area contributed by atoms with Crippen LogP contribution >= 0.6 is 50.7 Å². The highest BCUT2D eigenvalue weighted by molar-refractivity contribution is 9.10. The zero-order valence-corrected chi connectivity index (χ0v) is 14.6. The van der Waals surface area contributed by atoms with Crippen molar-refractivity contribution in [1.29, 1.82) is 0 Å². The van der Waals surface area contributed by atoms with Crippen molar-refractivity contribution in [1.82, 2.24) is 5.43 Å². The Morgan fingerprint density at radius 1 is 1.18 bits per heavy atom. The summed E-state index contributed by atoms with van der Waals surface area (Å²) in [7, 11) is 0. The lowest BCUT2D eigenvalue weighted by Crippen LogP contribution is -2.18. The van der Waals surface area contributed by atoms with Crippen molar-refractivity contribution in [3.8, 4) is 5.75 Å². The average molecular weight is 422 g/mol. The second-order valence-corrected chi connectivity index (χ2v) is 6.28. The van der Waals surface area contributed by atoms with Crippen LogP contribution in [-0.4, -0.2) is 17.2 Å². The number of carbonyl (C=O) groups excluding carboxylic acids is 1. The first-order chi connectivity index (χ1) is 10.4. The lowest BCUT2D eigenvalue weighted by Gasteiger charge is -2.04. The predicted molar refractivity (Wildman–Crippen MR) is 92.3 cm³/mol. The zero-order valence-electron chi connectivity index (χ0n) is 10.8. The van der Waals surface area contributed by atoms with Gasteiger partial charge >= 0.3 is 0 Å². The van der Waals surface area contributed by atoms with Gasteiger partial charge in [-0.25, -0.2) is 5.43 Å². The quantitative estimate of drug-likeness (QED) is 0.547. The van der Waals surface area contributed by atoms with E-state index in [4.69, 9.17) is 34.8 Å². The van der Waals surface area contributed by atoms with E-state index in [0.717, 1.165) is 0 Å². The number of nitrogens with one attached hydrogen (secondary N) is 1. The molecule has 0 saturated heterocycles. The molecule has 2 N–H and O–H groups in total. The fraction of sp³-hybridized carbons (Fsp3) is 0. The summed E-state index contributed by atoms with van der Waals surface area (Å²) < 4.78 is 0.425. The van der Waals surface area contributed by atoms with Crippen LogP contribution in [0, 0.1) is 0 Å². The van der Waals surface area contributed by atoms with Crippen molar-refractivity contribution < 1.29 is 9.90 Å². The molecule has 0 unspecified atom stereocenters. The van der Waals surface area contributed by atoms with Gasteiger partial charge in [-0.05, 0) is 46.3 Å². The molecule has 0 spiro atoms. The third-order valence-electron chi connectivity index (χ3n) is 2.60. The molecule has 2 aromatic carbocycles. The molecule has 0 aliphatic heterocycles. The second kappa shape index (κ2) is 7.33. The molecule has 2 aromatic rings. The summed E-state index contributed by atoms with van der Waals surface area (Å²) in [6, 6.07) is 7.55. The summed E-state index contributed by atoms with van der Waals surface area (Å²) in [6.45, 7) is 0. The van der Waals surface area contributed by atoms with Gasteiger partial charge in [0, 0.05) is 15.6 Å². The van der Waals surface area contributed by atoms with Gasteiger partial charge in [-0.2, -0.15) is 5.10 Å². The number of amides is 1. The highest BCUT2D eigenvalue weighted by atomic mass is 79.9. The summed E-state index contributed by atoms with van der Waals surface area (Å²) >= 11 is 20.7. The molecule has 0 aliphatic rings. The van der Waals surface area contributed by atoms with E-state index in [0.29, 0.717) is 20.1 Å². The number of phenols is 1. The van der Waals surface area contributed by atoms with Gasteiger partial charge in [-0.3, -0.25) is 4.79 Å². The van der Waals surface area contributed by atoms with E-state index in [9.17, 15) is 9.90 Å². The summed E-state index contributed by atoms with van der Waals surface area (Å²) in [5.41, 5.74) is 2.89. The molecule has 0 atom stereocenters. The molecule has 0 bridgehead atoms. The van der Waals surface area contributed by atoms with Crippen LogP contribution in [0.5, 0.6) is 5.75 Å². The van der Waals surface area contributed by atoms with Gasteiger partial charge in [0.25, 0.3) is 5.91 Å². The van der Waals surface area contributed by atoms with Gasteiger partial charge in [-0.1, -0.05) is 34.8 Å². The van der Waals surface area contributed by atoms with Gasteiger partial charge in [0.1, 0.15) is 5.75 Å². The lowest BCUT2D eigenvalue weighted by atomic mass is 10.2. The Balaban J connectivity index is 2.14. The van der Waals surface area contributed by atoms with Crippen LogP contribution in [0.1, 0.15) is 15.9 Å². The maximum absolute atomic E-state index is 11.9. The van der Waals surface area contributed by atoms with E-state index < -0.39 is 5.91 Å². The Morgan fingerprint density at radius 3 is 2.59 bits per heavy atom. The minimum atomic E-state index is -0.501. The lowest BCUT2D eigenvalue weighted by molar-refractivity contribution is 0.0955. The van der Waals surface area contributed by atoms with Crippen molar-refractivity contribution in [3.63, 3.8) is 0 Å². The third kappa shape index (κ3) is 4.14. The number of nitrogens with zero attached hydrogens (tertiary/aromatic N) is 1. The third-order valence-corrected chi connectivity index (χ3v) is 3.97. The maximum atomic E-state index is 11.9. The van der Waals surface area contributed by atoms with Crippen LogP contribution in [0.25, 0.3) is 0 Å². The minimum absolute atomic E-state index is 0.0353. The number of phenolic OH excluding ortho intramolecular Hbond substituents is 1. The van der Waals surface area contributed by atoms with Gasteiger partial charge in [0.2, 0.25) is 0 Å². The number of aromatic hydroxyl groups is 1. The molecule has 0 heterocycles. The van der Waals surface area contributed by atoms with Crippen molar-refractivity contribution >= 4 is 62.9 Å². The Labute approximate surface area is 149 Å². The number of hydrazone groups is 1. The standard InChI is InChI=1S/C14H8BrCl3N2O2/c15-11-4-9(17)3-7(13(11)21)6-19-20-14(22)10-2-1-8(16)5-12(10)18/h1-6,21H,(H,20,22). The number of halogens is 4. The topological polar surface area (TPSA) is 61.7 Å². The summed E-state index contributed by atoms with van der Waals surface area (Å²) in [4.78, 5) is 11.9. The van der Waals surface area contributed by atoms with E-state index >= 15 is 0 Å². The van der Waals surface area contributed by atoms with Crippen molar-refractivity contribution in [2.24, 2.45) is 5.10 Å². The second-order valence-electron chi connectivity index (χ2n) is 4.15. The number of hydrogen-bond acceptors (Lipinski definition) is 3. The molecule has 8 heteroatoms. The Kier molecular flexibility index (Phi) is 5.69. The van der Waals surface area contributed by atoms with E-state index in [1.54, 1.807) is 12.1 Å². The number of benzene rings is 2. The summed E-state index contributed by atoms with van der Waals surface area (Å²) in [5.74, 6) is -0.537. The monoisotopic (exact) mass is 420 g/mol. The van der Waals surface area contributed by atoms with Crippen LogP contribution in [0.15, 0.2) is 39.9 Å². The first-order valence-electron chi connectivity index (χ1n) is 5.85. The molecular weight excluding hydrogens is 414 g/mol. The SMILES string of the molecule is O=C(NN=Cc1cc(Cl)cc(Br)c1O)c1ccc(Cl)cc1Cl. The van der Waals surface area contributed by atoms with Crippen LogP contribution in [0.4, 0.5) is 0 Å². The molecule has 2 rings (SSSR count). The fourth-order valence-corrected chi connectivity index (χ4v) is 2.91. The van der Waals surface area contributed by atoms with Crippen LogP contribution in [0.2, 0.25) is 15.1 Å². The normalized spacial score (nSPS) is 10.9. The van der Waals surface area contributed by atoms with E-state index in [2.05, 4.69) is 26.5 Å². The van der Waals surface area contributed by atoms with Gasteiger partial charge in [0.05, 0.1) is 21.3 Å². The van der Waals surface area contributed by atoms with Crippen LogP contribution in [-0.2, 0) is 0 Å². The zero-order chi connectivity index (χ0) is 16.3. The molecule has 0 aromatic heterocycles. The summed E-state index contributed by atoms with van der Waals surface area (Å²) in [5, 5.41) is 14.7. The molecule has 0 fully saturated rings. The van der Waals surface area contributed by atoms with Gasteiger partial charge in [0.15, 0.2) is 0 Å². The highest BCUT2D eigenvalue weighted by Gasteiger charge is 2.10. The highest BCUT2D eigenvalue weighted by Crippen LogP contribution is 2.30. The maximum Gasteiger partial charge on any atom is 0.272 e. The summed E-state index contributed by atoms with van der Waals surface area (Å²) in [6.07, 6.45) is 1.27. The number of carbonyl (C=O) groups is 1. The largest absolute Gasteiger partial charge is 0.506 e. The molecule has 0 radical (unpaired) electrons. The molecular formula is C14H8BrCl3N2O2. The molecule has 22 heavy (non-hydrogen) atoms. The first kappa shape index (κ1) is 17.1. The average Bonchev–Trinajstić information content (AvgIpc) is 2.43. The van der Waals surface area contributed by atoms with Gasteiger partial charge < -0.3 is 5.11 Å². The van der Waals surface area contributed by atoms with Crippen molar-refractivity contribution in [3.05, 3.63) is 61.0 Å². The number of rotatable bonds is 3. The Hall–Kier alpha value is -1.27. The van der Waals surface area contributed by atoms with Crippen LogP contribution in [0.3, 0.4) is 0 Å². The fourth-order valence-electron chi connectivity index (χ4n) is 1.58. The first-order valence-corrected chi connectivity index (χ1v) is 7.77. The van der Waals surface area contributed by atoms with Gasteiger partial charge in [-0.15, -0.1) is 0 Å². The van der Waals surface area contributed by atoms with E-state index in [1.165, 1.54) is 24.4 Å². The minimum Gasteiger partial charge on any atom is -0.506 e. The van der Waals surface area contributed by atoms with E-state index in [1.807, 2.05) is 0 Å².